The molecule has 2 aliphatic heterocycles. The van der Waals surface area contributed by atoms with E-state index < -0.39 is 0 Å². The summed E-state index contributed by atoms with van der Waals surface area (Å²) >= 11 is 5.04. The molecule has 0 bridgehead atoms. The van der Waals surface area contributed by atoms with Gasteiger partial charge in [-0.25, -0.2) is 14.4 Å². The number of anilines is 1. The van der Waals surface area contributed by atoms with Crippen molar-refractivity contribution in [2.45, 2.75) is 12.5 Å². The van der Waals surface area contributed by atoms with Crippen molar-refractivity contribution in [3.05, 3.63) is 93.5 Å². The number of hydrazone groups is 1. The highest BCUT2D eigenvalue weighted by Crippen LogP contribution is 2.42. The van der Waals surface area contributed by atoms with Crippen molar-refractivity contribution in [1.29, 1.82) is 0 Å². The molecule has 0 aliphatic carbocycles. The summed E-state index contributed by atoms with van der Waals surface area (Å²) in [5, 5.41) is 9.76. The number of fused-ring (bicyclic) bond motifs is 1. The van der Waals surface area contributed by atoms with E-state index in [1.165, 1.54) is 12.1 Å². The number of ether oxygens (including phenoxy) is 2. The molecule has 0 N–H and O–H groups in total. The first-order valence-corrected chi connectivity index (χ1v) is 12.5. The van der Waals surface area contributed by atoms with Crippen LogP contribution in [0.15, 0.2) is 81.7 Å². The van der Waals surface area contributed by atoms with Crippen LogP contribution in [0.5, 0.6) is 11.5 Å². The lowest BCUT2D eigenvalue weighted by molar-refractivity contribution is 0.171. The number of hydrogen-bond acceptors (Lipinski definition) is 6. The fourth-order valence-electron chi connectivity index (χ4n) is 4.15. The van der Waals surface area contributed by atoms with E-state index in [2.05, 4.69) is 22.0 Å². The van der Waals surface area contributed by atoms with E-state index in [1.807, 2.05) is 46.8 Å². The number of nitrogens with zero attached hydrogens (tertiary/aromatic N) is 3. The quantitative estimate of drug-likeness (QED) is 0.287. The lowest BCUT2D eigenvalue weighted by atomic mass is 9.98. The second kappa shape index (κ2) is 8.85. The Hall–Kier alpha value is -3.23. The lowest BCUT2D eigenvalue weighted by Crippen LogP contribution is -2.20. The molecule has 5 nitrogen and oxygen atoms in total. The third kappa shape index (κ3) is 4.08. The maximum atomic E-state index is 13.5. The highest BCUT2D eigenvalue weighted by atomic mass is 79.9. The van der Waals surface area contributed by atoms with Gasteiger partial charge in [0.25, 0.3) is 0 Å². The van der Waals surface area contributed by atoms with Crippen molar-refractivity contribution < 1.29 is 13.9 Å². The second-order valence-corrected chi connectivity index (χ2v) is 9.80. The molecule has 1 unspecified atom stereocenters. The van der Waals surface area contributed by atoms with Crippen molar-refractivity contribution >= 4 is 38.1 Å². The Kier molecular flexibility index (Phi) is 5.55. The molecule has 2 aliphatic rings. The normalized spacial score (nSPS) is 17.1. The molecule has 3 heterocycles. The molecule has 0 spiro atoms. The predicted octanol–water partition coefficient (Wildman–Crippen LogP) is 6.84. The monoisotopic (exact) mass is 535 g/mol. The van der Waals surface area contributed by atoms with Crippen LogP contribution in [0.4, 0.5) is 9.52 Å². The molecule has 1 aromatic heterocycles. The molecular formula is C26H19BrFN3O2S. The van der Waals surface area contributed by atoms with Crippen LogP contribution in [0.25, 0.3) is 11.3 Å². The van der Waals surface area contributed by atoms with Crippen molar-refractivity contribution in [1.82, 2.24) is 4.98 Å². The fraction of sp³-hybridized carbons (Fsp3) is 0.154. The number of hydrogen-bond donors (Lipinski definition) is 0. The first kappa shape index (κ1) is 21.3. The van der Waals surface area contributed by atoms with Gasteiger partial charge in [-0.15, -0.1) is 11.3 Å². The minimum absolute atomic E-state index is 0.0696. The van der Waals surface area contributed by atoms with Crippen LogP contribution < -0.4 is 14.5 Å². The summed E-state index contributed by atoms with van der Waals surface area (Å²) < 4.78 is 26.1. The Morgan fingerprint density at radius 3 is 2.44 bits per heavy atom. The summed E-state index contributed by atoms with van der Waals surface area (Å²) in [5.41, 5.74) is 4.80. The molecule has 4 aromatic rings. The predicted molar refractivity (Wildman–Crippen MR) is 135 cm³/mol. The van der Waals surface area contributed by atoms with E-state index in [0.29, 0.717) is 19.6 Å². The van der Waals surface area contributed by atoms with Gasteiger partial charge in [-0.05, 0) is 47.5 Å². The van der Waals surface area contributed by atoms with Crippen LogP contribution in [0.3, 0.4) is 0 Å². The first-order chi connectivity index (χ1) is 16.6. The summed E-state index contributed by atoms with van der Waals surface area (Å²) in [4.78, 5) is 4.90. The van der Waals surface area contributed by atoms with Crippen molar-refractivity contribution in [3.63, 3.8) is 0 Å². The summed E-state index contributed by atoms with van der Waals surface area (Å²) in [5.74, 6) is 1.24. The van der Waals surface area contributed by atoms with Gasteiger partial charge in [-0.3, -0.25) is 0 Å². The van der Waals surface area contributed by atoms with Gasteiger partial charge in [0.2, 0.25) is 5.13 Å². The van der Waals surface area contributed by atoms with Crippen LogP contribution in [-0.4, -0.2) is 23.9 Å². The largest absolute Gasteiger partial charge is 0.486 e. The van der Waals surface area contributed by atoms with Crippen molar-refractivity contribution in [2.24, 2.45) is 5.10 Å². The summed E-state index contributed by atoms with van der Waals surface area (Å²) in [7, 11) is 0. The second-order valence-electron chi connectivity index (χ2n) is 8.04. The van der Waals surface area contributed by atoms with Gasteiger partial charge in [-0.1, -0.05) is 46.3 Å². The zero-order chi connectivity index (χ0) is 23.1. The molecule has 8 heteroatoms. The molecule has 0 fully saturated rings. The molecule has 3 aromatic carbocycles. The van der Waals surface area contributed by atoms with E-state index >= 15 is 0 Å². The highest BCUT2D eigenvalue weighted by Gasteiger charge is 2.32. The first-order valence-electron chi connectivity index (χ1n) is 10.9. The molecule has 6 rings (SSSR count). The molecule has 1 atom stereocenters. The average Bonchev–Trinajstić information content (AvgIpc) is 3.53. The van der Waals surface area contributed by atoms with E-state index in [-0.39, 0.29) is 11.9 Å². The SMILES string of the molecule is Fc1ccc(C2=NN(c3nc(-c4ccc(Br)cc4)cs3)C(c3ccc4c(c3)OCCO4)C2)cc1. The minimum Gasteiger partial charge on any atom is -0.486 e. The average molecular weight is 536 g/mol. The zero-order valence-corrected chi connectivity index (χ0v) is 20.4. The fourth-order valence-corrected chi connectivity index (χ4v) is 5.25. The van der Waals surface area contributed by atoms with Gasteiger partial charge in [0, 0.05) is 21.8 Å². The topological polar surface area (TPSA) is 47.0 Å². The molecule has 170 valence electrons. The third-order valence-corrected chi connectivity index (χ3v) is 7.23. The molecule has 0 saturated carbocycles. The minimum atomic E-state index is -0.262. The molecule has 34 heavy (non-hydrogen) atoms. The van der Waals surface area contributed by atoms with Gasteiger partial charge < -0.3 is 9.47 Å². The molecule has 0 radical (unpaired) electrons. The Morgan fingerprint density at radius 1 is 0.912 bits per heavy atom. The van der Waals surface area contributed by atoms with Crippen LogP contribution in [0.1, 0.15) is 23.6 Å². The zero-order valence-electron chi connectivity index (χ0n) is 17.9. The van der Waals surface area contributed by atoms with Gasteiger partial charge in [0.15, 0.2) is 11.5 Å². The molecule has 0 amide bonds. The standard InChI is InChI=1S/C26H19BrFN3O2S/c27-19-6-1-17(2-7-19)22-15-34-26(29-22)31-23(14-21(30-31)16-3-8-20(28)9-4-16)18-5-10-24-25(13-18)33-12-11-32-24/h1-10,13,15,23H,11-12,14H2. The van der Waals surface area contributed by atoms with Gasteiger partial charge in [-0.2, -0.15) is 5.10 Å². The maximum Gasteiger partial charge on any atom is 0.207 e. The number of halogens is 2. The molecule has 0 saturated heterocycles. The highest BCUT2D eigenvalue weighted by molar-refractivity contribution is 9.10. The maximum absolute atomic E-state index is 13.5. The summed E-state index contributed by atoms with van der Waals surface area (Å²) in [6.45, 7) is 1.09. The number of aromatic nitrogens is 1. The van der Waals surface area contributed by atoms with Crippen LogP contribution in [0.2, 0.25) is 0 Å². The van der Waals surface area contributed by atoms with E-state index in [1.54, 1.807) is 23.5 Å². The smallest absolute Gasteiger partial charge is 0.207 e. The third-order valence-electron chi connectivity index (χ3n) is 5.87. The Labute approximate surface area is 208 Å². The Morgan fingerprint density at radius 2 is 1.65 bits per heavy atom. The van der Waals surface area contributed by atoms with Crippen LogP contribution in [-0.2, 0) is 0 Å². The van der Waals surface area contributed by atoms with Crippen LogP contribution >= 0.6 is 27.3 Å². The Balaban J connectivity index is 1.38. The van der Waals surface area contributed by atoms with Gasteiger partial charge in [0.05, 0.1) is 17.4 Å². The van der Waals surface area contributed by atoms with E-state index in [0.717, 1.165) is 49.2 Å². The van der Waals surface area contributed by atoms with Crippen LogP contribution in [0, 0.1) is 5.82 Å². The Bertz CT molecular complexity index is 1370. The number of benzene rings is 3. The molecular weight excluding hydrogens is 517 g/mol. The van der Waals surface area contributed by atoms with Gasteiger partial charge in [0.1, 0.15) is 19.0 Å². The number of rotatable bonds is 4. The number of thiazole rings is 1. The summed E-state index contributed by atoms with van der Waals surface area (Å²) in [6.07, 6.45) is 0.665. The summed E-state index contributed by atoms with van der Waals surface area (Å²) in [6, 6.07) is 20.5. The van der Waals surface area contributed by atoms with Crippen molar-refractivity contribution in [3.8, 4) is 22.8 Å². The van der Waals surface area contributed by atoms with E-state index in [4.69, 9.17) is 19.6 Å². The van der Waals surface area contributed by atoms with Gasteiger partial charge >= 0.3 is 0 Å². The lowest BCUT2D eigenvalue weighted by Gasteiger charge is -2.24. The van der Waals surface area contributed by atoms with E-state index in [9.17, 15) is 4.39 Å². The van der Waals surface area contributed by atoms with Crippen molar-refractivity contribution in [2.75, 3.05) is 18.2 Å².